The van der Waals surface area contributed by atoms with Gasteiger partial charge < -0.3 is 10.4 Å². The molecule has 110 valence electrons. The fourth-order valence-corrected chi connectivity index (χ4v) is 1.77. The number of carbonyl (C=O) groups is 1. The van der Waals surface area contributed by atoms with Crippen LogP contribution in [0.3, 0.4) is 0 Å². The van der Waals surface area contributed by atoms with Crippen LogP contribution in [0, 0.1) is 10.1 Å². The second-order valence-corrected chi connectivity index (χ2v) is 4.68. The van der Waals surface area contributed by atoms with Gasteiger partial charge in [0.1, 0.15) is 5.56 Å². The van der Waals surface area contributed by atoms with Crippen molar-refractivity contribution in [2.45, 2.75) is 5.51 Å². The molecule has 2 N–H and O–H groups in total. The van der Waals surface area contributed by atoms with Crippen LogP contribution in [0.2, 0.25) is 0 Å². The second kappa shape index (κ2) is 6.46. The maximum atomic E-state index is 11.9. The second-order valence-electron chi connectivity index (χ2n) is 3.52. The van der Waals surface area contributed by atoms with Gasteiger partial charge >= 0.3 is 11.5 Å². The van der Waals surface area contributed by atoms with E-state index in [9.17, 15) is 28.1 Å². The van der Waals surface area contributed by atoms with Crippen LogP contribution >= 0.6 is 11.8 Å². The smallest absolute Gasteiger partial charge is 0.441 e. The summed E-state index contributed by atoms with van der Waals surface area (Å²) in [6.07, 6.45) is 0. The number of halogens is 3. The third-order valence-electron chi connectivity index (χ3n) is 2.12. The van der Waals surface area contributed by atoms with Gasteiger partial charge in [-0.3, -0.25) is 10.1 Å². The lowest BCUT2D eigenvalue weighted by atomic mass is 10.1. The predicted molar refractivity (Wildman–Crippen MR) is 67.1 cm³/mol. The van der Waals surface area contributed by atoms with Crippen LogP contribution in [0.1, 0.15) is 10.4 Å². The average Bonchev–Trinajstić information content (AvgIpc) is 2.33. The average molecular weight is 310 g/mol. The Morgan fingerprint density at radius 2 is 2.10 bits per heavy atom. The molecule has 0 aromatic heterocycles. The molecule has 0 aliphatic rings. The quantitative estimate of drug-likeness (QED) is 0.477. The number of carboxylic acid groups (broad SMARTS) is 1. The van der Waals surface area contributed by atoms with Crippen LogP contribution in [0.5, 0.6) is 0 Å². The van der Waals surface area contributed by atoms with Crippen LogP contribution < -0.4 is 5.32 Å². The Bertz CT molecular complexity index is 522. The van der Waals surface area contributed by atoms with Crippen LogP contribution in [-0.4, -0.2) is 33.8 Å². The molecule has 0 fully saturated rings. The molecular formula is C10H9F3N2O4S. The summed E-state index contributed by atoms with van der Waals surface area (Å²) < 4.78 is 35.6. The lowest BCUT2D eigenvalue weighted by Crippen LogP contribution is -2.10. The van der Waals surface area contributed by atoms with Gasteiger partial charge in [0, 0.05) is 24.1 Å². The molecule has 0 aliphatic heterocycles. The molecule has 0 saturated carbocycles. The van der Waals surface area contributed by atoms with Gasteiger partial charge in [-0.25, -0.2) is 4.79 Å². The Kier molecular flexibility index (Phi) is 5.19. The molecule has 0 radical (unpaired) electrons. The maximum absolute atomic E-state index is 11.9. The molecule has 0 aliphatic carbocycles. The van der Waals surface area contributed by atoms with Crippen molar-refractivity contribution in [3.63, 3.8) is 0 Å². The van der Waals surface area contributed by atoms with Gasteiger partial charge in [0.2, 0.25) is 0 Å². The van der Waals surface area contributed by atoms with Crippen LogP contribution in [-0.2, 0) is 0 Å². The lowest BCUT2D eigenvalue weighted by molar-refractivity contribution is -0.385. The van der Waals surface area contributed by atoms with E-state index >= 15 is 0 Å². The predicted octanol–water partition coefficient (Wildman–Crippen LogP) is 2.96. The molecule has 20 heavy (non-hydrogen) atoms. The first-order chi connectivity index (χ1) is 9.20. The standard InChI is InChI=1S/C10H9F3N2O4S/c11-10(12,13)20-4-3-14-6-1-2-7(9(16)17)8(5-6)15(18)19/h1-2,5,14H,3-4H2,(H,16,17). The molecule has 0 unspecified atom stereocenters. The van der Waals surface area contributed by atoms with Gasteiger partial charge in [-0.15, -0.1) is 0 Å². The van der Waals surface area contributed by atoms with Gasteiger partial charge in [-0.2, -0.15) is 13.2 Å². The molecule has 0 saturated heterocycles. The molecular weight excluding hydrogens is 301 g/mol. The van der Waals surface area contributed by atoms with Gasteiger partial charge in [0.05, 0.1) is 4.92 Å². The molecule has 0 atom stereocenters. The highest BCUT2D eigenvalue weighted by atomic mass is 32.2. The van der Waals surface area contributed by atoms with E-state index in [-0.39, 0.29) is 29.7 Å². The van der Waals surface area contributed by atoms with E-state index in [4.69, 9.17) is 5.11 Å². The van der Waals surface area contributed by atoms with E-state index < -0.39 is 27.7 Å². The first-order valence-electron chi connectivity index (χ1n) is 5.17. The summed E-state index contributed by atoms with van der Waals surface area (Å²) >= 11 is -0.219. The Morgan fingerprint density at radius 1 is 1.45 bits per heavy atom. The number of nitro benzene ring substituents is 1. The van der Waals surface area contributed by atoms with E-state index in [2.05, 4.69) is 5.32 Å². The van der Waals surface area contributed by atoms with Gasteiger partial charge in [-0.05, 0) is 23.9 Å². The minimum absolute atomic E-state index is 0.0618. The molecule has 0 spiro atoms. The zero-order chi connectivity index (χ0) is 15.3. The number of benzene rings is 1. The highest BCUT2D eigenvalue weighted by molar-refractivity contribution is 8.00. The number of carboxylic acids is 1. The maximum Gasteiger partial charge on any atom is 0.441 e. The van der Waals surface area contributed by atoms with Crippen LogP contribution in [0.4, 0.5) is 24.5 Å². The summed E-state index contributed by atoms with van der Waals surface area (Å²) in [5.74, 6) is -1.71. The third kappa shape index (κ3) is 4.96. The molecule has 0 bridgehead atoms. The minimum atomic E-state index is -4.33. The monoisotopic (exact) mass is 310 g/mol. The lowest BCUT2D eigenvalue weighted by Gasteiger charge is -2.08. The summed E-state index contributed by atoms with van der Waals surface area (Å²) in [7, 11) is 0. The first-order valence-corrected chi connectivity index (χ1v) is 6.15. The Labute approximate surface area is 115 Å². The van der Waals surface area contributed by atoms with E-state index in [1.807, 2.05) is 0 Å². The van der Waals surface area contributed by atoms with E-state index in [1.54, 1.807) is 0 Å². The van der Waals surface area contributed by atoms with Crippen molar-refractivity contribution >= 4 is 29.1 Å². The summed E-state index contributed by atoms with van der Waals surface area (Å²) in [6.45, 7) is -0.0618. The number of hydrogen-bond donors (Lipinski definition) is 2. The topological polar surface area (TPSA) is 92.5 Å². The number of rotatable bonds is 6. The third-order valence-corrected chi connectivity index (χ3v) is 2.86. The van der Waals surface area contributed by atoms with Crippen molar-refractivity contribution in [1.29, 1.82) is 0 Å². The van der Waals surface area contributed by atoms with Crippen molar-refractivity contribution in [3.05, 3.63) is 33.9 Å². The van der Waals surface area contributed by atoms with Crippen molar-refractivity contribution in [1.82, 2.24) is 0 Å². The van der Waals surface area contributed by atoms with Crippen molar-refractivity contribution in [2.75, 3.05) is 17.6 Å². The Morgan fingerprint density at radius 3 is 2.60 bits per heavy atom. The number of alkyl halides is 3. The summed E-state index contributed by atoms with van der Waals surface area (Å²) in [5, 5.41) is 22.0. The fourth-order valence-electron chi connectivity index (χ4n) is 1.34. The van der Waals surface area contributed by atoms with Crippen LogP contribution in [0.15, 0.2) is 18.2 Å². The number of nitrogens with one attached hydrogen (secondary N) is 1. The molecule has 1 aromatic rings. The number of nitrogens with zero attached hydrogens (tertiary/aromatic N) is 1. The number of anilines is 1. The summed E-state index contributed by atoms with van der Waals surface area (Å²) in [6, 6.07) is 3.26. The molecule has 0 amide bonds. The van der Waals surface area contributed by atoms with Crippen molar-refractivity contribution in [2.24, 2.45) is 0 Å². The summed E-state index contributed by atoms with van der Waals surface area (Å²) in [4.78, 5) is 20.6. The Hall–Kier alpha value is -1.97. The molecule has 6 nitrogen and oxygen atoms in total. The molecule has 1 aromatic carbocycles. The van der Waals surface area contributed by atoms with Crippen molar-refractivity contribution < 1.29 is 28.0 Å². The van der Waals surface area contributed by atoms with Crippen molar-refractivity contribution in [3.8, 4) is 0 Å². The normalized spacial score (nSPS) is 11.2. The molecule has 1 rings (SSSR count). The SMILES string of the molecule is O=C(O)c1ccc(NCCSC(F)(F)F)cc1[N+](=O)[O-]. The van der Waals surface area contributed by atoms with Gasteiger partial charge in [0.15, 0.2) is 0 Å². The van der Waals surface area contributed by atoms with Gasteiger partial charge in [-0.1, -0.05) is 0 Å². The van der Waals surface area contributed by atoms with Crippen LogP contribution in [0.25, 0.3) is 0 Å². The molecule has 10 heteroatoms. The highest BCUT2D eigenvalue weighted by Crippen LogP contribution is 2.30. The zero-order valence-corrected chi connectivity index (χ0v) is 10.6. The zero-order valence-electron chi connectivity index (χ0n) is 9.81. The van der Waals surface area contributed by atoms with E-state index in [0.29, 0.717) is 0 Å². The summed E-state index contributed by atoms with van der Waals surface area (Å²) in [5.41, 5.74) is -5.25. The Balaban J connectivity index is 2.71. The van der Waals surface area contributed by atoms with E-state index in [0.717, 1.165) is 12.1 Å². The molecule has 0 heterocycles. The first kappa shape index (κ1) is 16.1. The fraction of sp³-hybridized carbons (Fsp3) is 0.300. The number of nitro groups is 1. The van der Waals surface area contributed by atoms with Gasteiger partial charge in [0.25, 0.3) is 5.69 Å². The highest BCUT2D eigenvalue weighted by Gasteiger charge is 2.27. The number of thioether (sulfide) groups is 1. The number of hydrogen-bond acceptors (Lipinski definition) is 5. The largest absolute Gasteiger partial charge is 0.477 e. The minimum Gasteiger partial charge on any atom is -0.477 e. The van der Waals surface area contributed by atoms with E-state index in [1.165, 1.54) is 6.07 Å². The number of aromatic carboxylic acids is 1.